The molecule has 0 radical (unpaired) electrons. The summed E-state index contributed by atoms with van der Waals surface area (Å²) >= 11 is 0. The minimum absolute atomic E-state index is 0. The second kappa shape index (κ2) is 9.13. The first kappa shape index (κ1) is 20.2. The van der Waals surface area contributed by atoms with Gasteiger partial charge in [0.25, 0.3) is 0 Å². The van der Waals surface area contributed by atoms with E-state index in [1.54, 1.807) is 0 Å². The zero-order valence-electron chi connectivity index (χ0n) is 16.2. The SMILES string of the molecule is C=O.O=C1CCC(c2ccc3c(c2)CCN(C(=O)C2CCCCC2)C3)C(=O)N1.[HH]. The second-order valence-electron chi connectivity index (χ2n) is 7.88. The Labute approximate surface area is 167 Å². The number of nitrogens with zero attached hydrogens (tertiary/aromatic N) is 1. The van der Waals surface area contributed by atoms with Crippen molar-refractivity contribution in [1.82, 2.24) is 10.2 Å². The quantitative estimate of drug-likeness (QED) is 0.792. The first-order valence-corrected chi connectivity index (χ1v) is 10.1. The van der Waals surface area contributed by atoms with Gasteiger partial charge in [-0.2, -0.15) is 0 Å². The van der Waals surface area contributed by atoms with Crippen molar-refractivity contribution in [1.29, 1.82) is 0 Å². The van der Waals surface area contributed by atoms with Gasteiger partial charge in [0, 0.05) is 26.9 Å². The lowest BCUT2D eigenvalue weighted by atomic mass is 9.86. The van der Waals surface area contributed by atoms with Crippen LogP contribution >= 0.6 is 0 Å². The number of carbonyl (C=O) groups is 4. The third-order valence-corrected chi connectivity index (χ3v) is 6.15. The third kappa shape index (κ3) is 4.32. The van der Waals surface area contributed by atoms with Crippen LogP contribution in [-0.2, 0) is 32.1 Å². The maximum atomic E-state index is 12.8. The van der Waals surface area contributed by atoms with Gasteiger partial charge in [0.2, 0.25) is 17.7 Å². The molecule has 3 amide bonds. The number of fused-ring (bicyclic) bond motifs is 1. The fourth-order valence-corrected chi connectivity index (χ4v) is 4.60. The molecule has 1 aromatic carbocycles. The molecule has 2 aliphatic heterocycles. The molecule has 0 aromatic heterocycles. The number of nitrogens with one attached hydrogen (secondary N) is 1. The molecule has 2 heterocycles. The third-order valence-electron chi connectivity index (χ3n) is 6.15. The van der Waals surface area contributed by atoms with Crippen molar-refractivity contribution in [2.45, 2.75) is 63.8 Å². The Hall–Kier alpha value is -2.50. The van der Waals surface area contributed by atoms with Gasteiger partial charge in [-0.3, -0.25) is 19.7 Å². The molecule has 28 heavy (non-hydrogen) atoms. The Bertz CT molecular complexity index is 761. The van der Waals surface area contributed by atoms with Crippen LogP contribution in [0.2, 0.25) is 0 Å². The maximum Gasteiger partial charge on any atom is 0.234 e. The van der Waals surface area contributed by atoms with Gasteiger partial charge < -0.3 is 9.69 Å². The van der Waals surface area contributed by atoms with Crippen LogP contribution < -0.4 is 5.32 Å². The summed E-state index contributed by atoms with van der Waals surface area (Å²) in [4.78, 5) is 46.3. The lowest BCUT2D eigenvalue weighted by molar-refractivity contribution is -0.137. The number of benzene rings is 1. The topological polar surface area (TPSA) is 83.6 Å². The predicted molar refractivity (Wildman–Crippen MR) is 106 cm³/mol. The summed E-state index contributed by atoms with van der Waals surface area (Å²) in [5.41, 5.74) is 3.41. The first-order chi connectivity index (χ1) is 13.6. The number of rotatable bonds is 2. The standard InChI is InChI=1S/C21H26N2O3.CH2O.H2/c24-19-9-8-18(20(25)22-19)16-6-7-17-13-23(11-10-15(17)12-16)21(26)14-4-2-1-3-5-14;1-2;/h6-7,12,14,18H,1-5,8-11,13H2,(H,22,24,25);1H2;1H. The highest BCUT2D eigenvalue weighted by Crippen LogP contribution is 2.31. The Kier molecular flexibility index (Phi) is 6.60. The van der Waals surface area contributed by atoms with E-state index in [4.69, 9.17) is 4.79 Å². The molecule has 4 rings (SSSR count). The van der Waals surface area contributed by atoms with Crippen LogP contribution in [0.4, 0.5) is 0 Å². The molecule has 6 heteroatoms. The van der Waals surface area contributed by atoms with E-state index < -0.39 is 0 Å². The molecule has 1 saturated carbocycles. The Morgan fingerprint density at radius 1 is 1.04 bits per heavy atom. The van der Waals surface area contributed by atoms with Crippen molar-refractivity contribution in [2.75, 3.05) is 6.54 Å². The molecule has 1 N–H and O–H groups in total. The van der Waals surface area contributed by atoms with Crippen LogP contribution in [0, 0.1) is 5.92 Å². The smallest absolute Gasteiger partial charge is 0.234 e. The van der Waals surface area contributed by atoms with E-state index in [-0.39, 0.29) is 25.1 Å². The lowest BCUT2D eigenvalue weighted by Crippen LogP contribution is -2.41. The number of carbonyl (C=O) groups excluding carboxylic acids is 4. The molecular weight excluding hydrogens is 356 g/mol. The number of amides is 3. The van der Waals surface area contributed by atoms with Crippen molar-refractivity contribution < 1.29 is 20.6 Å². The molecule has 152 valence electrons. The molecule has 1 aliphatic carbocycles. The molecule has 0 bridgehead atoms. The molecule has 6 nitrogen and oxygen atoms in total. The summed E-state index contributed by atoms with van der Waals surface area (Å²) < 4.78 is 0. The Balaban J connectivity index is 0.000000970. The van der Waals surface area contributed by atoms with Crippen molar-refractivity contribution in [3.8, 4) is 0 Å². The average Bonchev–Trinajstić information content (AvgIpc) is 2.74. The van der Waals surface area contributed by atoms with E-state index in [2.05, 4.69) is 17.4 Å². The van der Waals surface area contributed by atoms with Crippen LogP contribution in [-0.4, -0.2) is 36.0 Å². The van der Waals surface area contributed by atoms with Crippen molar-refractivity contribution in [3.05, 3.63) is 34.9 Å². The fourth-order valence-electron chi connectivity index (χ4n) is 4.60. The van der Waals surface area contributed by atoms with E-state index in [9.17, 15) is 14.4 Å². The monoisotopic (exact) mass is 386 g/mol. The number of piperidine rings is 1. The van der Waals surface area contributed by atoms with Crippen LogP contribution in [0.1, 0.15) is 69.0 Å². The number of imide groups is 1. The predicted octanol–water partition coefficient (Wildman–Crippen LogP) is 2.73. The lowest BCUT2D eigenvalue weighted by Gasteiger charge is -2.33. The molecule has 3 aliphatic rings. The highest BCUT2D eigenvalue weighted by Gasteiger charge is 2.31. The van der Waals surface area contributed by atoms with Crippen LogP contribution in [0.15, 0.2) is 18.2 Å². The van der Waals surface area contributed by atoms with Gasteiger partial charge in [-0.05, 0) is 42.4 Å². The zero-order chi connectivity index (χ0) is 20.1. The van der Waals surface area contributed by atoms with E-state index in [1.807, 2.05) is 17.8 Å². The minimum atomic E-state index is -0.236. The van der Waals surface area contributed by atoms with E-state index in [0.717, 1.165) is 31.4 Å². The minimum Gasteiger partial charge on any atom is -0.338 e. The van der Waals surface area contributed by atoms with Gasteiger partial charge in [0.05, 0.1) is 5.92 Å². The largest absolute Gasteiger partial charge is 0.338 e. The Morgan fingerprint density at radius 2 is 1.79 bits per heavy atom. The number of hydrogen-bond donors (Lipinski definition) is 1. The van der Waals surface area contributed by atoms with E-state index >= 15 is 0 Å². The van der Waals surface area contributed by atoms with Crippen molar-refractivity contribution in [3.63, 3.8) is 0 Å². The summed E-state index contributed by atoms with van der Waals surface area (Å²) in [6, 6.07) is 6.17. The maximum absolute atomic E-state index is 12.8. The first-order valence-electron chi connectivity index (χ1n) is 10.1. The highest BCUT2D eigenvalue weighted by molar-refractivity contribution is 6.00. The summed E-state index contributed by atoms with van der Waals surface area (Å²) in [5, 5.41) is 2.44. The summed E-state index contributed by atoms with van der Waals surface area (Å²) in [6.07, 6.45) is 7.51. The van der Waals surface area contributed by atoms with Crippen LogP contribution in [0.3, 0.4) is 0 Å². The Morgan fingerprint density at radius 3 is 2.50 bits per heavy atom. The van der Waals surface area contributed by atoms with Gasteiger partial charge in [-0.1, -0.05) is 37.5 Å². The molecule has 1 saturated heterocycles. The summed E-state index contributed by atoms with van der Waals surface area (Å²) in [5.74, 6) is -0.0651. The highest BCUT2D eigenvalue weighted by atomic mass is 16.2. The van der Waals surface area contributed by atoms with Gasteiger partial charge in [0.1, 0.15) is 6.79 Å². The molecule has 1 aromatic rings. The summed E-state index contributed by atoms with van der Waals surface area (Å²) in [7, 11) is 0. The second-order valence-corrected chi connectivity index (χ2v) is 7.88. The van der Waals surface area contributed by atoms with Gasteiger partial charge in [0.15, 0.2) is 0 Å². The fraction of sp³-hybridized carbons (Fsp3) is 0.545. The summed E-state index contributed by atoms with van der Waals surface area (Å²) in [6.45, 7) is 3.45. The van der Waals surface area contributed by atoms with Crippen LogP contribution in [0.25, 0.3) is 0 Å². The zero-order valence-corrected chi connectivity index (χ0v) is 16.2. The van der Waals surface area contributed by atoms with E-state index in [0.29, 0.717) is 25.3 Å². The van der Waals surface area contributed by atoms with Crippen molar-refractivity contribution in [2.24, 2.45) is 5.92 Å². The van der Waals surface area contributed by atoms with Crippen molar-refractivity contribution >= 4 is 24.5 Å². The molecule has 2 fully saturated rings. The average molecular weight is 386 g/mol. The molecule has 1 atom stereocenters. The van der Waals surface area contributed by atoms with E-state index in [1.165, 1.54) is 30.4 Å². The molecule has 0 spiro atoms. The molecule has 1 unspecified atom stereocenters. The van der Waals surface area contributed by atoms with Gasteiger partial charge in [-0.15, -0.1) is 0 Å². The molecular formula is C22H30N2O4. The number of hydrogen-bond acceptors (Lipinski definition) is 4. The van der Waals surface area contributed by atoms with Gasteiger partial charge in [-0.25, -0.2) is 0 Å². The normalized spacial score (nSPS) is 22.6. The van der Waals surface area contributed by atoms with Gasteiger partial charge >= 0.3 is 0 Å². The van der Waals surface area contributed by atoms with Crippen LogP contribution in [0.5, 0.6) is 0 Å².